The van der Waals surface area contributed by atoms with Crippen molar-refractivity contribution in [2.24, 2.45) is 11.3 Å². The van der Waals surface area contributed by atoms with Crippen molar-refractivity contribution in [2.75, 3.05) is 13.1 Å². The molecule has 1 amide bonds. The molecular formula is C23H22F2N4O. The van der Waals surface area contributed by atoms with E-state index < -0.39 is 22.5 Å². The SMILES string of the molecule is CC1(C)[C@@H]2CC[C@@]1(C(=O)N1CC[C@@H](C#N)C1)c1nnc(-c3c(F)cccc3F)cc12. The van der Waals surface area contributed by atoms with Crippen LogP contribution < -0.4 is 0 Å². The maximum Gasteiger partial charge on any atom is 0.235 e. The Kier molecular flexibility index (Phi) is 4.02. The van der Waals surface area contributed by atoms with Crippen molar-refractivity contribution in [1.29, 1.82) is 5.26 Å². The Bertz CT molecular complexity index is 1090. The normalized spacial score (nSPS) is 28.4. The van der Waals surface area contributed by atoms with Crippen LogP contribution in [0.1, 0.15) is 50.3 Å². The van der Waals surface area contributed by atoms with E-state index in [1.807, 2.05) is 0 Å². The first-order chi connectivity index (χ1) is 14.3. The van der Waals surface area contributed by atoms with Crippen molar-refractivity contribution < 1.29 is 13.6 Å². The average Bonchev–Trinajstić information content (AvgIpc) is 3.35. The lowest BCUT2D eigenvalue weighted by molar-refractivity contribution is -0.140. The van der Waals surface area contributed by atoms with Gasteiger partial charge in [-0.3, -0.25) is 4.79 Å². The molecule has 5 rings (SSSR count). The van der Waals surface area contributed by atoms with E-state index >= 15 is 0 Å². The molecule has 7 heteroatoms. The number of nitriles is 1. The zero-order chi connectivity index (χ0) is 21.3. The Hall–Kier alpha value is -2.88. The summed E-state index contributed by atoms with van der Waals surface area (Å²) in [7, 11) is 0. The topological polar surface area (TPSA) is 69.9 Å². The molecule has 2 aromatic rings. The lowest BCUT2D eigenvalue weighted by Crippen LogP contribution is -2.51. The van der Waals surface area contributed by atoms with Crippen LogP contribution in [-0.2, 0) is 10.2 Å². The van der Waals surface area contributed by atoms with Crippen LogP contribution in [0.4, 0.5) is 8.78 Å². The van der Waals surface area contributed by atoms with Crippen LogP contribution in [-0.4, -0.2) is 34.1 Å². The summed E-state index contributed by atoms with van der Waals surface area (Å²) in [6.45, 7) is 5.16. The molecule has 154 valence electrons. The summed E-state index contributed by atoms with van der Waals surface area (Å²) in [5.41, 5.74) is 0.263. The quantitative estimate of drug-likeness (QED) is 0.755. The molecule has 0 N–H and O–H groups in total. The molecule has 1 saturated heterocycles. The number of likely N-dealkylation sites (tertiary alicyclic amines) is 1. The molecular weight excluding hydrogens is 386 g/mol. The molecule has 30 heavy (non-hydrogen) atoms. The van der Waals surface area contributed by atoms with Crippen LogP contribution in [0.5, 0.6) is 0 Å². The van der Waals surface area contributed by atoms with E-state index in [1.54, 1.807) is 11.0 Å². The number of carbonyl (C=O) groups excluding carboxylic acids is 1. The van der Waals surface area contributed by atoms with E-state index in [2.05, 4.69) is 30.1 Å². The molecule has 3 atom stereocenters. The van der Waals surface area contributed by atoms with E-state index in [0.29, 0.717) is 31.6 Å². The van der Waals surface area contributed by atoms with E-state index in [0.717, 1.165) is 12.0 Å². The summed E-state index contributed by atoms with van der Waals surface area (Å²) in [5.74, 6) is -1.43. The highest BCUT2D eigenvalue weighted by Gasteiger charge is 2.68. The summed E-state index contributed by atoms with van der Waals surface area (Å²) in [5, 5.41) is 17.8. The first-order valence-corrected chi connectivity index (χ1v) is 10.3. The van der Waals surface area contributed by atoms with Gasteiger partial charge in [0.2, 0.25) is 5.91 Å². The number of fused-ring (bicyclic) bond motifs is 5. The van der Waals surface area contributed by atoms with Crippen molar-refractivity contribution in [3.05, 3.63) is 47.2 Å². The van der Waals surface area contributed by atoms with Gasteiger partial charge >= 0.3 is 0 Å². The Morgan fingerprint density at radius 2 is 1.97 bits per heavy atom. The highest BCUT2D eigenvalue weighted by atomic mass is 19.1. The first kappa shape index (κ1) is 19.1. The molecule has 2 aliphatic carbocycles. The van der Waals surface area contributed by atoms with Gasteiger partial charge in [0.1, 0.15) is 11.6 Å². The highest BCUT2D eigenvalue weighted by Crippen LogP contribution is 2.68. The molecule has 5 nitrogen and oxygen atoms in total. The largest absolute Gasteiger partial charge is 0.340 e. The van der Waals surface area contributed by atoms with Gasteiger partial charge in [-0.05, 0) is 54.4 Å². The fourth-order valence-corrected chi connectivity index (χ4v) is 5.98. The molecule has 1 aliphatic heterocycles. The minimum Gasteiger partial charge on any atom is -0.340 e. The lowest BCUT2D eigenvalue weighted by Gasteiger charge is -2.39. The van der Waals surface area contributed by atoms with Gasteiger partial charge in [0.05, 0.1) is 34.4 Å². The Balaban J connectivity index is 1.62. The number of amides is 1. The first-order valence-electron chi connectivity index (χ1n) is 10.3. The molecule has 1 aromatic heterocycles. The molecule has 1 saturated carbocycles. The summed E-state index contributed by atoms with van der Waals surface area (Å²) in [6.07, 6.45) is 2.17. The lowest BCUT2D eigenvalue weighted by atomic mass is 9.67. The van der Waals surface area contributed by atoms with Crippen molar-refractivity contribution in [3.8, 4) is 17.3 Å². The highest BCUT2D eigenvalue weighted by molar-refractivity contribution is 5.92. The number of hydrogen-bond donors (Lipinski definition) is 0. The fraction of sp³-hybridized carbons (Fsp3) is 0.478. The fourth-order valence-electron chi connectivity index (χ4n) is 5.98. The Labute approximate surface area is 173 Å². The predicted octanol–water partition coefficient (Wildman–Crippen LogP) is 3.95. The zero-order valence-electron chi connectivity index (χ0n) is 17.0. The Morgan fingerprint density at radius 3 is 2.63 bits per heavy atom. The second kappa shape index (κ2) is 6.31. The number of hydrogen-bond acceptors (Lipinski definition) is 4. The van der Waals surface area contributed by atoms with Crippen LogP contribution in [0.2, 0.25) is 0 Å². The van der Waals surface area contributed by atoms with Gasteiger partial charge in [0, 0.05) is 13.1 Å². The minimum absolute atomic E-state index is 0.00521. The van der Waals surface area contributed by atoms with Crippen molar-refractivity contribution in [1.82, 2.24) is 15.1 Å². The van der Waals surface area contributed by atoms with Gasteiger partial charge in [-0.2, -0.15) is 10.4 Å². The molecule has 2 fully saturated rings. The van der Waals surface area contributed by atoms with Gasteiger partial charge in [-0.15, -0.1) is 5.10 Å². The third kappa shape index (κ3) is 2.28. The number of aromatic nitrogens is 2. The van der Waals surface area contributed by atoms with Crippen LogP contribution in [0, 0.1) is 34.3 Å². The van der Waals surface area contributed by atoms with Gasteiger partial charge in [-0.25, -0.2) is 8.78 Å². The average molecular weight is 408 g/mol. The maximum absolute atomic E-state index is 14.3. The molecule has 2 bridgehead atoms. The van der Waals surface area contributed by atoms with Crippen molar-refractivity contribution in [3.63, 3.8) is 0 Å². The van der Waals surface area contributed by atoms with E-state index in [-0.39, 0.29) is 29.0 Å². The van der Waals surface area contributed by atoms with Gasteiger partial charge in [0.15, 0.2) is 0 Å². The number of carbonyl (C=O) groups is 1. The van der Waals surface area contributed by atoms with Crippen molar-refractivity contribution >= 4 is 5.91 Å². The second-order valence-electron chi connectivity index (χ2n) is 9.21. The molecule has 0 radical (unpaired) electrons. The standard InChI is InChI=1S/C23H22F2N4O/c1-22(2)15-6-8-23(22,21(30)29-9-7-13(11-26)12-29)20-14(15)10-18(27-28-20)19-16(24)4-3-5-17(19)25/h3-5,10,13,15H,6-9,12H2,1-2H3/t13-,15+,23-/m0/s1. The maximum atomic E-state index is 14.3. The van der Waals surface area contributed by atoms with Crippen molar-refractivity contribution in [2.45, 2.75) is 44.4 Å². The zero-order valence-corrected chi connectivity index (χ0v) is 17.0. The number of nitrogens with zero attached hydrogens (tertiary/aromatic N) is 4. The van der Waals surface area contributed by atoms with Gasteiger partial charge in [0.25, 0.3) is 0 Å². The third-order valence-electron chi connectivity index (χ3n) is 7.62. The number of rotatable bonds is 2. The van der Waals surface area contributed by atoms with E-state index in [1.165, 1.54) is 18.2 Å². The molecule has 2 heterocycles. The predicted molar refractivity (Wildman–Crippen MR) is 105 cm³/mol. The van der Waals surface area contributed by atoms with Crippen LogP contribution in [0.15, 0.2) is 24.3 Å². The summed E-state index contributed by atoms with van der Waals surface area (Å²) < 4.78 is 28.6. The monoisotopic (exact) mass is 408 g/mol. The van der Waals surface area contributed by atoms with Crippen LogP contribution in [0.3, 0.4) is 0 Å². The minimum atomic E-state index is -0.809. The van der Waals surface area contributed by atoms with Crippen LogP contribution in [0.25, 0.3) is 11.3 Å². The molecule has 0 unspecified atom stereocenters. The summed E-state index contributed by atoms with van der Waals surface area (Å²) >= 11 is 0. The molecule has 0 spiro atoms. The van der Waals surface area contributed by atoms with E-state index in [9.17, 15) is 18.8 Å². The molecule has 3 aliphatic rings. The van der Waals surface area contributed by atoms with Crippen LogP contribution >= 0.6 is 0 Å². The molecule has 1 aromatic carbocycles. The summed E-state index contributed by atoms with van der Waals surface area (Å²) in [4.78, 5) is 15.5. The second-order valence-corrected chi connectivity index (χ2v) is 9.21. The van der Waals surface area contributed by atoms with E-state index in [4.69, 9.17) is 0 Å². The summed E-state index contributed by atoms with van der Waals surface area (Å²) in [6, 6.07) is 7.70. The third-order valence-corrected chi connectivity index (χ3v) is 7.62. The number of benzene rings is 1. The smallest absolute Gasteiger partial charge is 0.235 e. The Morgan fingerprint density at radius 1 is 1.23 bits per heavy atom. The van der Waals surface area contributed by atoms with Gasteiger partial charge < -0.3 is 4.90 Å². The number of halogens is 2. The van der Waals surface area contributed by atoms with Gasteiger partial charge in [-0.1, -0.05) is 19.9 Å².